The van der Waals surface area contributed by atoms with Crippen molar-refractivity contribution in [2.45, 2.75) is 38.3 Å². The van der Waals surface area contributed by atoms with Gasteiger partial charge in [-0.15, -0.1) is 0 Å². The Morgan fingerprint density at radius 3 is 2.11 bits per heavy atom. The standard InChI is InChI=1S/C14H22N2O2/c1-14(2,3)10-7-5-9(6-8-10)12(16-4)11(15)13(17)18/h5-8,11-12,16H,15H2,1-4H3,(H,17,18). The van der Waals surface area contributed by atoms with E-state index in [0.29, 0.717) is 0 Å². The molecule has 0 heterocycles. The van der Waals surface area contributed by atoms with E-state index >= 15 is 0 Å². The topological polar surface area (TPSA) is 75.3 Å². The fourth-order valence-electron chi connectivity index (χ4n) is 1.89. The second-order valence-corrected chi connectivity index (χ2v) is 5.50. The maximum absolute atomic E-state index is 10.9. The van der Waals surface area contributed by atoms with Crippen LogP contribution in [0, 0.1) is 0 Å². The summed E-state index contributed by atoms with van der Waals surface area (Å²) in [6, 6.07) is 6.59. The smallest absolute Gasteiger partial charge is 0.322 e. The Morgan fingerprint density at radius 1 is 1.28 bits per heavy atom. The number of carboxylic acids is 1. The second kappa shape index (κ2) is 5.50. The first-order valence-electron chi connectivity index (χ1n) is 6.03. The van der Waals surface area contributed by atoms with Gasteiger partial charge in [0.25, 0.3) is 0 Å². The van der Waals surface area contributed by atoms with Crippen LogP contribution < -0.4 is 11.1 Å². The van der Waals surface area contributed by atoms with Crippen LogP contribution in [0.3, 0.4) is 0 Å². The van der Waals surface area contributed by atoms with Gasteiger partial charge in [0.15, 0.2) is 0 Å². The first-order valence-corrected chi connectivity index (χ1v) is 6.03. The number of hydrogen-bond donors (Lipinski definition) is 3. The van der Waals surface area contributed by atoms with E-state index in [2.05, 4.69) is 26.1 Å². The molecule has 2 unspecified atom stereocenters. The molecule has 1 rings (SSSR count). The van der Waals surface area contributed by atoms with Crippen molar-refractivity contribution in [1.82, 2.24) is 5.32 Å². The summed E-state index contributed by atoms with van der Waals surface area (Å²) in [6.45, 7) is 6.42. The zero-order valence-electron chi connectivity index (χ0n) is 11.4. The Labute approximate surface area is 108 Å². The highest BCUT2D eigenvalue weighted by molar-refractivity contribution is 5.74. The summed E-state index contributed by atoms with van der Waals surface area (Å²) in [5, 5.41) is 11.9. The minimum atomic E-state index is -1.01. The minimum absolute atomic E-state index is 0.0859. The maximum Gasteiger partial charge on any atom is 0.322 e. The third kappa shape index (κ3) is 3.31. The molecule has 0 saturated heterocycles. The maximum atomic E-state index is 10.9. The molecule has 0 aliphatic carbocycles. The van der Waals surface area contributed by atoms with Crippen molar-refractivity contribution in [1.29, 1.82) is 0 Å². The summed E-state index contributed by atoms with van der Waals surface area (Å²) < 4.78 is 0. The average Bonchev–Trinajstić information content (AvgIpc) is 2.29. The first-order chi connectivity index (χ1) is 8.27. The van der Waals surface area contributed by atoms with E-state index < -0.39 is 12.0 Å². The quantitative estimate of drug-likeness (QED) is 0.759. The summed E-state index contributed by atoms with van der Waals surface area (Å²) in [5.41, 5.74) is 7.85. The summed E-state index contributed by atoms with van der Waals surface area (Å²) >= 11 is 0. The van der Waals surface area contributed by atoms with Gasteiger partial charge in [-0.2, -0.15) is 0 Å². The van der Waals surface area contributed by atoms with Crippen LogP contribution in [0.2, 0.25) is 0 Å². The number of carbonyl (C=O) groups is 1. The Balaban J connectivity index is 2.99. The van der Waals surface area contributed by atoms with Crippen molar-refractivity contribution < 1.29 is 9.90 Å². The van der Waals surface area contributed by atoms with Gasteiger partial charge in [0.1, 0.15) is 6.04 Å². The largest absolute Gasteiger partial charge is 0.480 e. The molecule has 0 saturated carbocycles. The highest BCUT2D eigenvalue weighted by atomic mass is 16.4. The molecule has 0 radical (unpaired) electrons. The van der Waals surface area contributed by atoms with E-state index in [4.69, 9.17) is 10.8 Å². The highest BCUT2D eigenvalue weighted by Crippen LogP contribution is 2.24. The molecule has 4 heteroatoms. The molecule has 0 aliphatic heterocycles. The van der Waals surface area contributed by atoms with Gasteiger partial charge in [-0.3, -0.25) is 4.79 Å². The third-order valence-corrected chi connectivity index (χ3v) is 3.09. The average molecular weight is 250 g/mol. The second-order valence-electron chi connectivity index (χ2n) is 5.50. The van der Waals surface area contributed by atoms with Crippen molar-refractivity contribution in [2.24, 2.45) is 5.73 Å². The van der Waals surface area contributed by atoms with E-state index in [1.165, 1.54) is 5.56 Å². The zero-order valence-corrected chi connectivity index (χ0v) is 11.4. The van der Waals surface area contributed by atoms with Crippen molar-refractivity contribution in [3.8, 4) is 0 Å². The Kier molecular flexibility index (Phi) is 4.48. The molecule has 1 aromatic rings. The molecule has 0 bridgehead atoms. The Bertz CT molecular complexity index is 407. The van der Waals surface area contributed by atoms with Crippen LogP contribution in [0.1, 0.15) is 37.9 Å². The SMILES string of the molecule is CNC(c1ccc(C(C)(C)C)cc1)C(N)C(=O)O. The van der Waals surface area contributed by atoms with E-state index in [9.17, 15) is 4.79 Å². The van der Waals surface area contributed by atoms with Gasteiger partial charge in [-0.05, 0) is 23.6 Å². The Hall–Kier alpha value is -1.39. The van der Waals surface area contributed by atoms with Gasteiger partial charge >= 0.3 is 5.97 Å². The molecular formula is C14H22N2O2. The predicted octanol–water partition coefficient (Wildman–Crippen LogP) is 1.66. The van der Waals surface area contributed by atoms with Crippen LogP contribution >= 0.6 is 0 Å². The van der Waals surface area contributed by atoms with E-state index in [0.717, 1.165) is 5.56 Å². The zero-order chi connectivity index (χ0) is 13.9. The fourth-order valence-corrected chi connectivity index (χ4v) is 1.89. The molecule has 18 heavy (non-hydrogen) atoms. The van der Waals surface area contributed by atoms with E-state index in [1.807, 2.05) is 24.3 Å². The summed E-state index contributed by atoms with van der Waals surface area (Å²) in [5.74, 6) is -1.01. The first kappa shape index (κ1) is 14.7. The van der Waals surface area contributed by atoms with Crippen LogP contribution in [0.15, 0.2) is 24.3 Å². The lowest BCUT2D eigenvalue weighted by atomic mass is 9.86. The Morgan fingerprint density at radius 2 is 1.78 bits per heavy atom. The lowest BCUT2D eigenvalue weighted by Gasteiger charge is -2.23. The number of nitrogens with one attached hydrogen (secondary N) is 1. The number of aliphatic carboxylic acids is 1. The van der Waals surface area contributed by atoms with Gasteiger partial charge in [0, 0.05) is 0 Å². The molecule has 1 aromatic carbocycles. The molecule has 4 N–H and O–H groups in total. The van der Waals surface area contributed by atoms with Gasteiger partial charge in [0.05, 0.1) is 6.04 Å². The summed E-state index contributed by atoms with van der Waals surface area (Å²) in [7, 11) is 1.71. The number of likely N-dealkylation sites (N-methyl/N-ethyl adjacent to an activating group) is 1. The molecule has 0 aromatic heterocycles. The van der Waals surface area contributed by atoms with Crippen molar-refractivity contribution in [3.05, 3.63) is 35.4 Å². The van der Waals surface area contributed by atoms with Gasteiger partial charge < -0.3 is 16.2 Å². The van der Waals surface area contributed by atoms with Crippen molar-refractivity contribution >= 4 is 5.97 Å². The van der Waals surface area contributed by atoms with Gasteiger partial charge in [-0.25, -0.2) is 0 Å². The number of benzene rings is 1. The van der Waals surface area contributed by atoms with Crippen LogP contribution in [-0.2, 0) is 10.2 Å². The highest BCUT2D eigenvalue weighted by Gasteiger charge is 2.24. The molecule has 100 valence electrons. The summed E-state index contributed by atoms with van der Waals surface area (Å²) in [4.78, 5) is 10.9. The van der Waals surface area contributed by atoms with Crippen LogP contribution in [0.25, 0.3) is 0 Å². The molecule has 0 amide bonds. The lowest BCUT2D eigenvalue weighted by Crippen LogP contribution is -2.42. The molecular weight excluding hydrogens is 228 g/mol. The predicted molar refractivity (Wildman–Crippen MR) is 72.6 cm³/mol. The normalized spacial score (nSPS) is 15.2. The molecule has 4 nitrogen and oxygen atoms in total. The third-order valence-electron chi connectivity index (χ3n) is 3.09. The molecule has 2 atom stereocenters. The summed E-state index contributed by atoms with van der Waals surface area (Å²) in [6.07, 6.45) is 0. The minimum Gasteiger partial charge on any atom is -0.480 e. The van der Waals surface area contributed by atoms with E-state index in [1.54, 1.807) is 7.05 Å². The van der Waals surface area contributed by atoms with Crippen molar-refractivity contribution in [2.75, 3.05) is 7.05 Å². The van der Waals surface area contributed by atoms with Crippen molar-refractivity contribution in [3.63, 3.8) is 0 Å². The monoisotopic (exact) mass is 250 g/mol. The van der Waals surface area contributed by atoms with Crippen LogP contribution in [0.4, 0.5) is 0 Å². The fraction of sp³-hybridized carbons (Fsp3) is 0.500. The van der Waals surface area contributed by atoms with Crippen LogP contribution in [0.5, 0.6) is 0 Å². The number of rotatable bonds is 4. The number of carboxylic acid groups (broad SMARTS) is 1. The molecule has 0 fully saturated rings. The molecule has 0 aliphatic rings. The van der Waals surface area contributed by atoms with E-state index in [-0.39, 0.29) is 11.5 Å². The van der Waals surface area contributed by atoms with Gasteiger partial charge in [-0.1, -0.05) is 45.0 Å². The number of nitrogens with two attached hydrogens (primary N) is 1. The molecule has 0 spiro atoms. The lowest BCUT2D eigenvalue weighted by molar-refractivity contribution is -0.139. The van der Waals surface area contributed by atoms with Gasteiger partial charge in [0.2, 0.25) is 0 Å². The number of hydrogen-bond acceptors (Lipinski definition) is 3. The van der Waals surface area contributed by atoms with Crippen LogP contribution in [-0.4, -0.2) is 24.2 Å².